The lowest BCUT2D eigenvalue weighted by Crippen LogP contribution is -1.97. The van der Waals surface area contributed by atoms with Gasteiger partial charge in [-0.15, -0.1) is 0 Å². The summed E-state index contributed by atoms with van der Waals surface area (Å²) in [4.78, 5) is 12.1. The first kappa shape index (κ1) is 16.9. The van der Waals surface area contributed by atoms with Crippen molar-refractivity contribution in [3.05, 3.63) is 58.6 Å². The SMILES string of the molecule is CCOc1cc(C=CC(=O)c2ccc(O)cc2)cc(Cl)c1OC. The highest BCUT2D eigenvalue weighted by Gasteiger charge is 2.10. The number of rotatable bonds is 6. The van der Waals surface area contributed by atoms with Gasteiger partial charge in [0.05, 0.1) is 18.7 Å². The Kier molecular flexibility index (Phi) is 5.66. The number of phenolic OH excluding ortho intramolecular Hbond substituents is 1. The van der Waals surface area contributed by atoms with E-state index in [1.54, 1.807) is 30.3 Å². The van der Waals surface area contributed by atoms with Crippen LogP contribution >= 0.6 is 11.6 Å². The van der Waals surface area contributed by atoms with Crippen LogP contribution in [0, 0.1) is 0 Å². The quantitative estimate of drug-likeness (QED) is 0.631. The highest BCUT2D eigenvalue weighted by Crippen LogP contribution is 2.36. The Morgan fingerprint density at radius 1 is 1.26 bits per heavy atom. The standard InChI is InChI=1S/C18H17ClO4/c1-3-23-17-11-12(10-15(19)18(17)22-2)4-9-16(21)13-5-7-14(20)8-6-13/h4-11,20H,3H2,1-2H3. The van der Waals surface area contributed by atoms with Gasteiger partial charge in [0.25, 0.3) is 0 Å². The van der Waals surface area contributed by atoms with Crippen LogP contribution in [0.1, 0.15) is 22.8 Å². The molecule has 0 radical (unpaired) electrons. The summed E-state index contributed by atoms with van der Waals surface area (Å²) < 4.78 is 10.7. The second-order valence-corrected chi connectivity index (χ2v) is 5.12. The Bertz CT molecular complexity index is 721. The average molecular weight is 333 g/mol. The van der Waals surface area contributed by atoms with E-state index in [0.29, 0.717) is 28.7 Å². The van der Waals surface area contributed by atoms with Crippen molar-refractivity contribution in [2.75, 3.05) is 13.7 Å². The Hall–Kier alpha value is -2.46. The minimum Gasteiger partial charge on any atom is -0.508 e. The first-order chi connectivity index (χ1) is 11.0. The Morgan fingerprint density at radius 2 is 1.96 bits per heavy atom. The van der Waals surface area contributed by atoms with E-state index in [1.165, 1.54) is 25.3 Å². The van der Waals surface area contributed by atoms with Crippen LogP contribution in [-0.2, 0) is 0 Å². The van der Waals surface area contributed by atoms with E-state index in [-0.39, 0.29) is 11.5 Å². The summed E-state index contributed by atoms with van der Waals surface area (Å²) in [6, 6.07) is 9.53. The van der Waals surface area contributed by atoms with Crippen molar-refractivity contribution < 1.29 is 19.4 Å². The third-order valence-electron chi connectivity index (χ3n) is 3.11. The van der Waals surface area contributed by atoms with Gasteiger partial charge in [0, 0.05) is 5.56 Å². The number of aromatic hydroxyl groups is 1. The molecule has 2 aromatic rings. The molecule has 0 amide bonds. The largest absolute Gasteiger partial charge is 0.508 e. The molecule has 0 saturated heterocycles. The lowest BCUT2D eigenvalue weighted by Gasteiger charge is -2.11. The van der Waals surface area contributed by atoms with Crippen molar-refractivity contribution >= 4 is 23.5 Å². The monoisotopic (exact) mass is 332 g/mol. The van der Waals surface area contributed by atoms with Crippen LogP contribution in [-0.4, -0.2) is 24.6 Å². The zero-order valence-electron chi connectivity index (χ0n) is 12.9. The average Bonchev–Trinajstić information content (AvgIpc) is 2.53. The third-order valence-corrected chi connectivity index (χ3v) is 3.40. The van der Waals surface area contributed by atoms with Crippen molar-refractivity contribution in [2.24, 2.45) is 0 Å². The maximum Gasteiger partial charge on any atom is 0.185 e. The molecule has 2 aromatic carbocycles. The van der Waals surface area contributed by atoms with Gasteiger partial charge in [-0.3, -0.25) is 4.79 Å². The van der Waals surface area contributed by atoms with Crippen LogP contribution in [0.2, 0.25) is 5.02 Å². The fourth-order valence-electron chi connectivity index (χ4n) is 2.04. The molecule has 0 unspecified atom stereocenters. The molecule has 1 N–H and O–H groups in total. The molecule has 0 saturated carbocycles. The number of ether oxygens (including phenoxy) is 2. The minimum absolute atomic E-state index is 0.119. The van der Waals surface area contributed by atoms with Gasteiger partial charge >= 0.3 is 0 Å². The summed E-state index contributed by atoms with van der Waals surface area (Å²) in [5.74, 6) is 0.943. The van der Waals surface area contributed by atoms with Crippen molar-refractivity contribution in [3.8, 4) is 17.2 Å². The first-order valence-corrected chi connectivity index (χ1v) is 7.44. The maximum absolute atomic E-state index is 12.1. The molecular weight excluding hydrogens is 316 g/mol. The molecule has 0 bridgehead atoms. The normalized spacial score (nSPS) is 10.7. The van der Waals surface area contributed by atoms with Gasteiger partial charge < -0.3 is 14.6 Å². The number of carbonyl (C=O) groups is 1. The van der Waals surface area contributed by atoms with Gasteiger partial charge in [-0.1, -0.05) is 17.7 Å². The van der Waals surface area contributed by atoms with E-state index < -0.39 is 0 Å². The summed E-state index contributed by atoms with van der Waals surface area (Å²) in [6.07, 6.45) is 3.10. The molecule has 0 aliphatic heterocycles. The van der Waals surface area contributed by atoms with E-state index in [0.717, 1.165) is 5.56 Å². The van der Waals surface area contributed by atoms with E-state index in [9.17, 15) is 9.90 Å². The molecule has 23 heavy (non-hydrogen) atoms. The van der Waals surface area contributed by atoms with Gasteiger partial charge in [-0.05, 0) is 55.0 Å². The number of halogens is 1. The molecule has 2 rings (SSSR count). The number of methoxy groups -OCH3 is 1. The number of carbonyl (C=O) groups excluding carboxylic acids is 1. The molecule has 4 nitrogen and oxygen atoms in total. The first-order valence-electron chi connectivity index (χ1n) is 7.07. The molecular formula is C18H17ClO4. The van der Waals surface area contributed by atoms with Gasteiger partial charge in [0.2, 0.25) is 0 Å². The minimum atomic E-state index is -0.171. The summed E-state index contributed by atoms with van der Waals surface area (Å²) in [7, 11) is 1.52. The van der Waals surface area contributed by atoms with Crippen LogP contribution in [0.4, 0.5) is 0 Å². The molecule has 0 spiro atoms. The van der Waals surface area contributed by atoms with E-state index in [1.807, 2.05) is 6.92 Å². The Labute approximate surface area is 139 Å². The van der Waals surface area contributed by atoms with Crippen molar-refractivity contribution in [3.63, 3.8) is 0 Å². The van der Waals surface area contributed by atoms with Crippen molar-refractivity contribution in [1.82, 2.24) is 0 Å². The smallest absolute Gasteiger partial charge is 0.185 e. The highest BCUT2D eigenvalue weighted by atomic mass is 35.5. The Balaban J connectivity index is 2.25. The number of benzene rings is 2. The van der Waals surface area contributed by atoms with Gasteiger partial charge in [-0.2, -0.15) is 0 Å². The second kappa shape index (κ2) is 7.70. The van der Waals surface area contributed by atoms with Crippen molar-refractivity contribution in [1.29, 1.82) is 0 Å². The summed E-state index contributed by atoms with van der Waals surface area (Å²) >= 11 is 6.17. The number of ketones is 1. The molecule has 0 aliphatic rings. The molecule has 120 valence electrons. The topological polar surface area (TPSA) is 55.8 Å². The van der Waals surface area contributed by atoms with E-state index in [2.05, 4.69) is 0 Å². The summed E-state index contributed by atoms with van der Waals surface area (Å²) in [5, 5.41) is 9.65. The third kappa shape index (κ3) is 4.27. The predicted molar refractivity (Wildman–Crippen MR) is 90.6 cm³/mol. The molecule has 0 fully saturated rings. The Morgan fingerprint density at radius 3 is 2.57 bits per heavy atom. The number of allylic oxidation sites excluding steroid dienone is 1. The molecule has 0 heterocycles. The predicted octanol–water partition coefficient (Wildman–Crippen LogP) is 4.35. The maximum atomic E-state index is 12.1. The van der Waals surface area contributed by atoms with Crippen LogP contribution in [0.15, 0.2) is 42.5 Å². The molecule has 0 aliphatic carbocycles. The zero-order valence-corrected chi connectivity index (χ0v) is 13.6. The number of hydrogen-bond donors (Lipinski definition) is 1. The van der Waals surface area contributed by atoms with Gasteiger partial charge in [0.1, 0.15) is 5.75 Å². The molecule has 0 aromatic heterocycles. The lowest BCUT2D eigenvalue weighted by molar-refractivity contribution is 0.104. The van der Waals surface area contributed by atoms with Crippen LogP contribution < -0.4 is 9.47 Å². The lowest BCUT2D eigenvalue weighted by atomic mass is 10.1. The zero-order chi connectivity index (χ0) is 16.8. The second-order valence-electron chi connectivity index (χ2n) is 4.71. The van der Waals surface area contributed by atoms with Crippen LogP contribution in [0.25, 0.3) is 6.08 Å². The van der Waals surface area contributed by atoms with E-state index >= 15 is 0 Å². The fraction of sp³-hybridized carbons (Fsp3) is 0.167. The van der Waals surface area contributed by atoms with Crippen molar-refractivity contribution in [2.45, 2.75) is 6.92 Å². The number of hydrogen-bond acceptors (Lipinski definition) is 4. The van der Waals surface area contributed by atoms with Gasteiger partial charge in [0.15, 0.2) is 17.3 Å². The van der Waals surface area contributed by atoms with Crippen LogP contribution in [0.5, 0.6) is 17.2 Å². The number of phenols is 1. The molecule has 5 heteroatoms. The van der Waals surface area contributed by atoms with Crippen LogP contribution in [0.3, 0.4) is 0 Å². The van der Waals surface area contributed by atoms with Gasteiger partial charge in [-0.25, -0.2) is 0 Å². The highest BCUT2D eigenvalue weighted by molar-refractivity contribution is 6.32. The van der Waals surface area contributed by atoms with E-state index in [4.69, 9.17) is 21.1 Å². The summed E-state index contributed by atoms with van der Waals surface area (Å²) in [5.41, 5.74) is 1.22. The fourth-order valence-corrected chi connectivity index (χ4v) is 2.34. The molecule has 0 atom stereocenters. The summed E-state index contributed by atoms with van der Waals surface area (Å²) in [6.45, 7) is 2.34.